The summed E-state index contributed by atoms with van der Waals surface area (Å²) < 4.78 is 4.72. The highest BCUT2D eigenvalue weighted by Crippen LogP contribution is 2.33. The summed E-state index contributed by atoms with van der Waals surface area (Å²) in [4.78, 5) is 11.5. The van der Waals surface area contributed by atoms with Gasteiger partial charge < -0.3 is 10.5 Å². The molecule has 16 heavy (non-hydrogen) atoms. The number of hydrogen-bond donors (Lipinski definition) is 1. The van der Waals surface area contributed by atoms with Crippen molar-refractivity contribution in [1.29, 1.82) is 0 Å². The van der Waals surface area contributed by atoms with Crippen LogP contribution in [0.15, 0.2) is 24.3 Å². The van der Waals surface area contributed by atoms with Crippen molar-refractivity contribution in [2.75, 3.05) is 7.11 Å². The Morgan fingerprint density at radius 2 is 2.25 bits per heavy atom. The molecular weight excluding hydrogens is 202 g/mol. The monoisotopic (exact) mass is 219 g/mol. The van der Waals surface area contributed by atoms with Crippen LogP contribution in [0.5, 0.6) is 0 Å². The van der Waals surface area contributed by atoms with Gasteiger partial charge in [0.2, 0.25) is 0 Å². The van der Waals surface area contributed by atoms with Crippen LogP contribution in [-0.2, 0) is 16.0 Å². The van der Waals surface area contributed by atoms with Crippen LogP contribution in [0.25, 0.3) is 0 Å². The first kappa shape index (κ1) is 11.1. The molecule has 0 heterocycles. The first-order valence-corrected chi connectivity index (χ1v) is 5.65. The average molecular weight is 219 g/mol. The Bertz CT molecular complexity index is 389. The topological polar surface area (TPSA) is 52.3 Å². The van der Waals surface area contributed by atoms with Crippen molar-refractivity contribution in [1.82, 2.24) is 0 Å². The van der Waals surface area contributed by atoms with Gasteiger partial charge in [0.1, 0.15) is 6.04 Å². The van der Waals surface area contributed by atoms with E-state index in [4.69, 9.17) is 10.5 Å². The molecule has 0 spiro atoms. The number of carbonyl (C=O) groups excluding carboxylic acids is 1. The molecule has 0 aliphatic heterocycles. The third-order valence-electron chi connectivity index (χ3n) is 3.32. The quantitative estimate of drug-likeness (QED) is 0.769. The Morgan fingerprint density at radius 3 is 3.00 bits per heavy atom. The van der Waals surface area contributed by atoms with Crippen molar-refractivity contribution >= 4 is 5.97 Å². The fraction of sp³-hybridized carbons (Fsp3) is 0.462. The number of ether oxygens (including phenoxy) is 1. The Hall–Kier alpha value is -1.35. The summed E-state index contributed by atoms with van der Waals surface area (Å²) in [6, 6.07) is 7.69. The van der Waals surface area contributed by atoms with Crippen molar-refractivity contribution in [3.8, 4) is 0 Å². The van der Waals surface area contributed by atoms with Gasteiger partial charge in [-0.05, 0) is 30.4 Å². The van der Waals surface area contributed by atoms with Crippen LogP contribution >= 0.6 is 0 Å². The van der Waals surface area contributed by atoms with E-state index in [0.29, 0.717) is 0 Å². The fourth-order valence-electron chi connectivity index (χ4n) is 2.46. The van der Waals surface area contributed by atoms with E-state index in [-0.39, 0.29) is 11.9 Å². The molecule has 2 N–H and O–H groups in total. The Labute approximate surface area is 95.6 Å². The minimum atomic E-state index is -0.536. The summed E-state index contributed by atoms with van der Waals surface area (Å²) in [6.45, 7) is 0. The second-order valence-corrected chi connectivity index (χ2v) is 4.25. The lowest BCUT2D eigenvalue weighted by molar-refractivity contribution is -0.142. The number of aryl methyl sites for hydroxylation is 1. The first-order chi connectivity index (χ1) is 7.74. The summed E-state index contributed by atoms with van der Waals surface area (Å²) in [6.07, 6.45) is 3.14. The summed E-state index contributed by atoms with van der Waals surface area (Å²) >= 11 is 0. The number of methoxy groups -OCH3 is 1. The average Bonchev–Trinajstić information content (AvgIpc) is 2.36. The van der Waals surface area contributed by atoms with Crippen LogP contribution in [0.2, 0.25) is 0 Å². The molecule has 0 aromatic heterocycles. The summed E-state index contributed by atoms with van der Waals surface area (Å²) in [5.74, 6) is -0.209. The zero-order valence-electron chi connectivity index (χ0n) is 9.48. The number of fused-ring (bicyclic) bond motifs is 1. The van der Waals surface area contributed by atoms with Crippen LogP contribution in [0.1, 0.15) is 29.9 Å². The van der Waals surface area contributed by atoms with Gasteiger partial charge in [0.05, 0.1) is 7.11 Å². The molecule has 3 heteroatoms. The zero-order chi connectivity index (χ0) is 11.5. The first-order valence-electron chi connectivity index (χ1n) is 5.65. The Balaban J connectivity index is 2.28. The molecule has 1 aromatic rings. The predicted octanol–water partition coefficient (Wildman–Crippen LogP) is 1.61. The highest BCUT2D eigenvalue weighted by molar-refractivity contribution is 5.77. The van der Waals surface area contributed by atoms with Crippen LogP contribution in [0.3, 0.4) is 0 Å². The van der Waals surface area contributed by atoms with Crippen LogP contribution in [-0.4, -0.2) is 19.1 Å². The third-order valence-corrected chi connectivity index (χ3v) is 3.32. The standard InChI is InChI=1S/C13H17NO2/c1-16-13(15)12(14)11-8-4-6-9-5-2-3-7-10(9)11/h2-3,5,7,11-12H,4,6,8,14H2,1H3. The minimum Gasteiger partial charge on any atom is -0.468 e. The van der Waals surface area contributed by atoms with Crippen LogP contribution < -0.4 is 5.73 Å². The van der Waals surface area contributed by atoms with Gasteiger partial charge in [-0.3, -0.25) is 4.79 Å². The molecule has 1 aliphatic rings. The van der Waals surface area contributed by atoms with E-state index < -0.39 is 6.04 Å². The van der Waals surface area contributed by atoms with Crippen molar-refractivity contribution in [2.24, 2.45) is 5.73 Å². The van der Waals surface area contributed by atoms with Crippen molar-refractivity contribution in [3.63, 3.8) is 0 Å². The number of rotatable bonds is 2. The molecule has 0 radical (unpaired) electrons. The van der Waals surface area contributed by atoms with E-state index in [1.54, 1.807) is 0 Å². The smallest absolute Gasteiger partial charge is 0.323 e. The van der Waals surface area contributed by atoms with Gasteiger partial charge in [-0.15, -0.1) is 0 Å². The molecule has 0 bridgehead atoms. The number of esters is 1. The van der Waals surface area contributed by atoms with E-state index in [1.807, 2.05) is 12.1 Å². The second kappa shape index (κ2) is 4.66. The molecule has 2 rings (SSSR count). The van der Waals surface area contributed by atoms with Gasteiger partial charge in [0.25, 0.3) is 0 Å². The molecule has 0 saturated heterocycles. The van der Waals surface area contributed by atoms with Crippen molar-refractivity contribution in [3.05, 3.63) is 35.4 Å². The molecule has 2 unspecified atom stereocenters. The zero-order valence-corrected chi connectivity index (χ0v) is 9.48. The highest BCUT2D eigenvalue weighted by Gasteiger charge is 2.30. The largest absolute Gasteiger partial charge is 0.468 e. The van der Waals surface area contributed by atoms with Crippen molar-refractivity contribution < 1.29 is 9.53 Å². The SMILES string of the molecule is COC(=O)C(N)C1CCCc2ccccc21. The molecule has 2 atom stereocenters. The molecule has 1 aliphatic carbocycles. The van der Waals surface area contributed by atoms with Gasteiger partial charge >= 0.3 is 5.97 Å². The Kier molecular flexibility index (Phi) is 3.25. The fourth-order valence-corrected chi connectivity index (χ4v) is 2.46. The van der Waals surface area contributed by atoms with Gasteiger partial charge in [0, 0.05) is 5.92 Å². The van der Waals surface area contributed by atoms with E-state index in [0.717, 1.165) is 19.3 Å². The molecule has 3 nitrogen and oxygen atoms in total. The van der Waals surface area contributed by atoms with Gasteiger partial charge in [0.15, 0.2) is 0 Å². The lowest BCUT2D eigenvalue weighted by atomic mass is 9.79. The number of nitrogens with two attached hydrogens (primary N) is 1. The maximum atomic E-state index is 11.5. The molecule has 86 valence electrons. The van der Waals surface area contributed by atoms with Gasteiger partial charge in [-0.2, -0.15) is 0 Å². The molecule has 1 aromatic carbocycles. The lowest BCUT2D eigenvalue weighted by Crippen LogP contribution is -2.39. The van der Waals surface area contributed by atoms with Gasteiger partial charge in [-0.1, -0.05) is 24.3 Å². The lowest BCUT2D eigenvalue weighted by Gasteiger charge is -2.28. The number of hydrogen-bond acceptors (Lipinski definition) is 3. The minimum absolute atomic E-state index is 0.109. The molecule has 0 fully saturated rings. The normalized spacial score (nSPS) is 21.0. The Morgan fingerprint density at radius 1 is 1.50 bits per heavy atom. The third kappa shape index (κ3) is 1.95. The maximum Gasteiger partial charge on any atom is 0.323 e. The van der Waals surface area contributed by atoms with Crippen LogP contribution in [0.4, 0.5) is 0 Å². The predicted molar refractivity (Wildman–Crippen MR) is 62.1 cm³/mol. The van der Waals surface area contributed by atoms with E-state index >= 15 is 0 Å². The number of carbonyl (C=O) groups is 1. The number of benzene rings is 1. The summed E-state index contributed by atoms with van der Waals surface area (Å²) in [5.41, 5.74) is 8.47. The highest BCUT2D eigenvalue weighted by atomic mass is 16.5. The summed E-state index contributed by atoms with van der Waals surface area (Å²) in [5, 5.41) is 0. The van der Waals surface area contributed by atoms with Gasteiger partial charge in [-0.25, -0.2) is 0 Å². The van der Waals surface area contributed by atoms with E-state index in [2.05, 4.69) is 12.1 Å². The van der Waals surface area contributed by atoms with E-state index in [1.165, 1.54) is 18.2 Å². The van der Waals surface area contributed by atoms with Crippen molar-refractivity contribution in [2.45, 2.75) is 31.2 Å². The summed E-state index contributed by atoms with van der Waals surface area (Å²) in [7, 11) is 1.39. The molecular formula is C13H17NO2. The molecule has 0 saturated carbocycles. The van der Waals surface area contributed by atoms with Crippen LogP contribution in [0, 0.1) is 0 Å². The molecule has 0 amide bonds. The maximum absolute atomic E-state index is 11.5. The van der Waals surface area contributed by atoms with E-state index in [9.17, 15) is 4.79 Å². The second-order valence-electron chi connectivity index (χ2n) is 4.25.